The molecule has 0 saturated carbocycles. The highest BCUT2D eigenvalue weighted by Gasteiger charge is 2.24. The van der Waals surface area contributed by atoms with Crippen LogP contribution in [0.15, 0.2) is 42.7 Å². The van der Waals surface area contributed by atoms with Crippen LogP contribution in [-0.2, 0) is 4.79 Å². The fraction of sp³-hybridized carbons (Fsp3) is 0.478. The van der Waals surface area contributed by atoms with Crippen LogP contribution in [0.1, 0.15) is 30.6 Å². The number of hydrogen-bond donors (Lipinski definition) is 2. The monoisotopic (exact) mass is 442 g/mol. The van der Waals surface area contributed by atoms with Gasteiger partial charge in [-0.15, -0.1) is 0 Å². The molecule has 3 rings (SSSR count). The summed E-state index contributed by atoms with van der Waals surface area (Å²) >= 11 is 0. The first-order valence-electron chi connectivity index (χ1n) is 11.0. The second kappa shape index (κ2) is 11.5. The first-order chi connectivity index (χ1) is 15.4. The average molecular weight is 443 g/mol. The van der Waals surface area contributed by atoms with Crippen LogP contribution in [0.5, 0.6) is 0 Å². The van der Waals surface area contributed by atoms with E-state index in [1.165, 1.54) is 24.3 Å². The second-order valence-corrected chi connectivity index (χ2v) is 8.22. The maximum Gasteiger partial charge on any atom is 0.251 e. The molecule has 8 nitrogen and oxygen atoms in total. The Morgan fingerprint density at radius 2 is 1.72 bits per heavy atom. The minimum Gasteiger partial charge on any atom is -0.354 e. The van der Waals surface area contributed by atoms with E-state index in [9.17, 15) is 14.0 Å². The molecule has 1 fully saturated rings. The summed E-state index contributed by atoms with van der Waals surface area (Å²) in [6.45, 7) is 8.79. The van der Waals surface area contributed by atoms with Crippen molar-refractivity contribution >= 4 is 17.8 Å². The number of piperazine rings is 1. The molecule has 2 N–H and O–H groups in total. The smallest absolute Gasteiger partial charge is 0.251 e. The van der Waals surface area contributed by atoms with E-state index in [2.05, 4.69) is 30.4 Å². The first-order valence-corrected chi connectivity index (χ1v) is 11.0. The topological polar surface area (TPSA) is 90.5 Å². The number of halogens is 1. The third kappa shape index (κ3) is 6.71. The molecule has 1 aromatic heterocycles. The molecule has 2 amide bonds. The number of aromatic nitrogens is 2. The Morgan fingerprint density at radius 3 is 2.34 bits per heavy atom. The molecule has 172 valence electrons. The highest BCUT2D eigenvalue weighted by molar-refractivity contribution is 5.97. The van der Waals surface area contributed by atoms with Gasteiger partial charge < -0.3 is 15.5 Å². The summed E-state index contributed by atoms with van der Waals surface area (Å²) in [4.78, 5) is 38.2. The number of rotatable bonds is 9. The van der Waals surface area contributed by atoms with Gasteiger partial charge in [0.05, 0.1) is 0 Å². The number of carbonyl (C=O) groups is 2. The number of hydrogen-bond acceptors (Lipinski definition) is 6. The van der Waals surface area contributed by atoms with Crippen molar-refractivity contribution in [2.24, 2.45) is 5.92 Å². The molecule has 1 atom stereocenters. The van der Waals surface area contributed by atoms with E-state index in [1.807, 2.05) is 19.9 Å². The number of anilines is 1. The summed E-state index contributed by atoms with van der Waals surface area (Å²) < 4.78 is 13.1. The van der Waals surface area contributed by atoms with Crippen molar-refractivity contribution in [2.75, 3.05) is 44.2 Å². The second-order valence-electron chi connectivity index (χ2n) is 8.22. The molecule has 1 aliphatic rings. The normalized spacial score (nSPS) is 15.4. The number of amides is 2. The van der Waals surface area contributed by atoms with Crippen molar-refractivity contribution in [1.82, 2.24) is 25.5 Å². The molecule has 2 heterocycles. The van der Waals surface area contributed by atoms with E-state index in [0.29, 0.717) is 12.1 Å². The summed E-state index contributed by atoms with van der Waals surface area (Å²) in [5, 5.41) is 5.69. The first kappa shape index (κ1) is 23.6. The Hall–Kier alpha value is -3.07. The van der Waals surface area contributed by atoms with Crippen molar-refractivity contribution in [3.05, 3.63) is 54.1 Å². The molecular formula is C23H31FN6O2. The van der Waals surface area contributed by atoms with Gasteiger partial charge in [-0.3, -0.25) is 14.5 Å². The van der Waals surface area contributed by atoms with Crippen molar-refractivity contribution in [2.45, 2.75) is 26.3 Å². The summed E-state index contributed by atoms with van der Waals surface area (Å²) in [5.41, 5.74) is 0.324. The van der Waals surface area contributed by atoms with Crippen LogP contribution in [0.25, 0.3) is 0 Å². The minimum absolute atomic E-state index is 0.0762. The number of nitrogens with one attached hydrogen (secondary N) is 2. The summed E-state index contributed by atoms with van der Waals surface area (Å²) in [6.07, 6.45) is 4.33. The maximum atomic E-state index is 13.1. The van der Waals surface area contributed by atoms with Gasteiger partial charge in [-0.1, -0.05) is 13.8 Å². The Kier molecular flexibility index (Phi) is 8.49. The maximum absolute atomic E-state index is 13.1. The van der Waals surface area contributed by atoms with Crippen LogP contribution >= 0.6 is 0 Å². The van der Waals surface area contributed by atoms with Gasteiger partial charge in [-0.25, -0.2) is 14.4 Å². The molecule has 0 unspecified atom stereocenters. The molecule has 32 heavy (non-hydrogen) atoms. The fourth-order valence-corrected chi connectivity index (χ4v) is 3.61. The van der Waals surface area contributed by atoms with E-state index in [-0.39, 0.29) is 17.7 Å². The molecule has 1 saturated heterocycles. The van der Waals surface area contributed by atoms with Crippen LogP contribution in [-0.4, -0.2) is 72.0 Å². The molecular weight excluding hydrogens is 411 g/mol. The molecule has 1 aliphatic heterocycles. The van der Waals surface area contributed by atoms with Gasteiger partial charge in [0.15, 0.2) is 0 Å². The lowest BCUT2D eigenvalue weighted by molar-refractivity contribution is -0.123. The molecule has 0 aliphatic carbocycles. The lowest BCUT2D eigenvalue weighted by Crippen LogP contribution is -2.50. The Bertz CT molecular complexity index is 870. The van der Waals surface area contributed by atoms with Gasteiger partial charge in [0, 0.05) is 50.7 Å². The summed E-state index contributed by atoms with van der Waals surface area (Å²) in [5.74, 6) is -0.315. The van der Waals surface area contributed by atoms with Crippen LogP contribution in [0.2, 0.25) is 0 Å². The van der Waals surface area contributed by atoms with Gasteiger partial charge in [-0.2, -0.15) is 0 Å². The Balaban J connectivity index is 1.38. The number of carbonyl (C=O) groups excluding carboxylic acids is 2. The molecule has 0 bridgehead atoms. The Morgan fingerprint density at radius 1 is 1.06 bits per heavy atom. The zero-order valence-corrected chi connectivity index (χ0v) is 18.6. The number of benzene rings is 1. The van der Waals surface area contributed by atoms with E-state index < -0.39 is 11.9 Å². The van der Waals surface area contributed by atoms with Crippen molar-refractivity contribution in [3.8, 4) is 0 Å². The molecule has 2 aromatic rings. The molecule has 9 heteroatoms. The highest BCUT2D eigenvalue weighted by Crippen LogP contribution is 2.10. The van der Waals surface area contributed by atoms with E-state index >= 15 is 0 Å². The third-order valence-corrected chi connectivity index (χ3v) is 5.50. The highest BCUT2D eigenvalue weighted by atomic mass is 19.1. The molecule has 1 aromatic carbocycles. The minimum atomic E-state index is -0.651. The quantitative estimate of drug-likeness (QED) is 0.575. The molecule has 0 radical (unpaired) electrons. The van der Waals surface area contributed by atoms with E-state index in [1.54, 1.807) is 12.4 Å². The van der Waals surface area contributed by atoms with Gasteiger partial charge >= 0.3 is 0 Å². The predicted octanol–water partition coefficient (Wildman–Crippen LogP) is 1.70. The van der Waals surface area contributed by atoms with Crippen LogP contribution in [0, 0.1) is 11.7 Å². The van der Waals surface area contributed by atoms with Gasteiger partial charge in [-0.05, 0) is 49.2 Å². The van der Waals surface area contributed by atoms with Crippen molar-refractivity contribution < 1.29 is 14.0 Å². The van der Waals surface area contributed by atoms with Crippen LogP contribution < -0.4 is 15.5 Å². The van der Waals surface area contributed by atoms with Gasteiger partial charge in [0.2, 0.25) is 11.9 Å². The van der Waals surface area contributed by atoms with Crippen LogP contribution in [0.3, 0.4) is 0 Å². The lowest BCUT2D eigenvalue weighted by atomic mass is 10.0. The van der Waals surface area contributed by atoms with Gasteiger partial charge in [0.25, 0.3) is 5.91 Å². The van der Waals surface area contributed by atoms with Crippen molar-refractivity contribution in [3.63, 3.8) is 0 Å². The predicted molar refractivity (Wildman–Crippen MR) is 121 cm³/mol. The van der Waals surface area contributed by atoms with Crippen molar-refractivity contribution in [1.29, 1.82) is 0 Å². The molecule has 0 spiro atoms. The zero-order chi connectivity index (χ0) is 22.9. The largest absolute Gasteiger partial charge is 0.354 e. The Labute approximate surface area is 188 Å². The zero-order valence-electron chi connectivity index (χ0n) is 18.6. The SMILES string of the molecule is CC(C)[C@@H](NC(=O)c1ccc(F)cc1)C(=O)NCCCN1CCN(c2ncccn2)CC1. The third-order valence-electron chi connectivity index (χ3n) is 5.50. The lowest BCUT2D eigenvalue weighted by Gasteiger charge is -2.34. The summed E-state index contributed by atoms with van der Waals surface area (Å²) in [6, 6.07) is 6.43. The summed E-state index contributed by atoms with van der Waals surface area (Å²) in [7, 11) is 0. The van der Waals surface area contributed by atoms with Gasteiger partial charge in [0.1, 0.15) is 11.9 Å². The average Bonchev–Trinajstić information content (AvgIpc) is 2.81. The standard InChI is InChI=1S/C23H31FN6O2/c1-17(2)20(28-21(31)18-5-7-19(24)8-6-18)22(32)25-11-4-12-29-13-15-30(16-14-29)23-26-9-3-10-27-23/h3,5-10,17,20H,4,11-16H2,1-2H3,(H,25,32)(H,28,31)/t20-/m1/s1. The van der Waals surface area contributed by atoms with E-state index in [0.717, 1.165) is 45.1 Å². The van der Waals surface area contributed by atoms with Crippen LogP contribution in [0.4, 0.5) is 10.3 Å². The van der Waals surface area contributed by atoms with E-state index in [4.69, 9.17) is 0 Å². The fourth-order valence-electron chi connectivity index (χ4n) is 3.61. The number of nitrogens with zero attached hydrogens (tertiary/aromatic N) is 4.